The van der Waals surface area contributed by atoms with Crippen LogP contribution in [0.2, 0.25) is 0 Å². The van der Waals surface area contributed by atoms with Gasteiger partial charge in [0, 0.05) is 17.9 Å². The Bertz CT molecular complexity index is 729. The molecule has 2 amide bonds. The number of carbonyl (C=O) groups excluding carboxylic acids is 2. The minimum atomic E-state index is -2.57. The van der Waals surface area contributed by atoms with Crippen LogP contribution in [0.5, 0.6) is 5.75 Å². The van der Waals surface area contributed by atoms with Crippen molar-refractivity contribution in [3.63, 3.8) is 0 Å². The number of aromatic nitrogens is 1. The molecule has 3 rings (SSSR count). The minimum Gasteiger partial charge on any atom is -0.487 e. The summed E-state index contributed by atoms with van der Waals surface area (Å²) in [5, 5.41) is 6.74. The maximum absolute atomic E-state index is 12.1. The molecule has 1 aliphatic heterocycles. The van der Waals surface area contributed by atoms with E-state index in [1.54, 1.807) is 6.07 Å². The molecule has 1 unspecified atom stereocenters. The predicted octanol–water partition coefficient (Wildman–Crippen LogP) is 1.99. The van der Waals surface area contributed by atoms with Crippen LogP contribution in [-0.4, -0.2) is 30.0 Å². The molecule has 0 bridgehead atoms. The van der Waals surface area contributed by atoms with Gasteiger partial charge < -0.3 is 9.26 Å². The lowest BCUT2D eigenvalue weighted by molar-refractivity contribution is -0.134. The van der Waals surface area contributed by atoms with E-state index in [2.05, 4.69) is 10.5 Å². The summed E-state index contributed by atoms with van der Waals surface area (Å²) in [6.45, 7) is -0.709. The summed E-state index contributed by atoms with van der Waals surface area (Å²) >= 11 is 0. The molecule has 116 valence electrons. The van der Waals surface area contributed by atoms with Crippen molar-refractivity contribution in [1.29, 1.82) is 0 Å². The molecule has 6 nitrogen and oxygen atoms in total. The summed E-state index contributed by atoms with van der Waals surface area (Å²) in [6, 6.07) is 4.56. The molecule has 2 heterocycles. The van der Waals surface area contributed by atoms with Crippen LogP contribution in [0.1, 0.15) is 24.5 Å². The summed E-state index contributed by atoms with van der Waals surface area (Å²) < 4.78 is 34.3. The maximum Gasteiger partial charge on any atom is 0.272 e. The SMILES string of the molecule is O=C1CCC(c2noc3cc(OCC(F)F)ccc23)C(=O)N1. The summed E-state index contributed by atoms with van der Waals surface area (Å²) in [5.74, 6) is -1.05. The molecular weight excluding hydrogens is 298 g/mol. The van der Waals surface area contributed by atoms with Gasteiger partial charge in [-0.25, -0.2) is 8.78 Å². The maximum atomic E-state index is 12.1. The second kappa shape index (κ2) is 5.70. The zero-order chi connectivity index (χ0) is 15.7. The van der Waals surface area contributed by atoms with Crippen molar-refractivity contribution in [2.24, 2.45) is 0 Å². The fourth-order valence-corrected chi connectivity index (χ4v) is 2.39. The van der Waals surface area contributed by atoms with E-state index in [1.165, 1.54) is 12.1 Å². The van der Waals surface area contributed by atoms with Gasteiger partial charge in [0.05, 0.1) is 5.92 Å². The number of alkyl halides is 2. The average Bonchev–Trinajstić information content (AvgIpc) is 2.88. The van der Waals surface area contributed by atoms with Crippen molar-refractivity contribution in [2.75, 3.05) is 6.61 Å². The number of rotatable bonds is 4. The first kappa shape index (κ1) is 14.4. The number of carbonyl (C=O) groups is 2. The minimum absolute atomic E-state index is 0.235. The average molecular weight is 310 g/mol. The molecule has 1 fully saturated rings. The summed E-state index contributed by atoms with van der Waals surface area (Å²) in [4.78, 5) is 23.0. The van der Waals surface area contributed by atoms with Crippen molar-refractivity contribution in [3.8, 4) is 5.75 Å². The van der Waals surface area contributed by atoms with E-state index in [-0.39, 0.29) is 18.1 Å². The van der Waals surface area contributed by atoms with Crippen molar-refractivity contribution < 1.29 is 27.6 Å². The van der Waals surface area contributed by atoms with Crippen LogP contribution in [0.15, 0.2) is 22.7 Å². The van der Waals surface area contributed by atoms with E-state index >= 15 is 0 Å². The number of hydrogen-bond acceptors (Lipinski definition) is 5. The number of amides is 2. The Morgan fingerprint density at radius 2 is 2.23 bits per heavy atom. The number of piperidine rings is 1. The number of hydrogen-bond donors (Lipinski definition) is 1. The lowest BCUT2D eigenvalue weighted by Crippen LogP contribution is -2.39. The second-order valence-corrected chi connectivity index (χ2v) is 4.93. The first-order chi connectivity index (χ1) is 10.5. The van der Waals surface area contributed by atoms with Crippen LogP contribution >= 0.6 is 0 Å². The lowest BCUT2D eigenvalue weighted by atomic mass is 9.93. The van der Waals surface area contributed by atoms with Gasteiger partial charge in [-0.1, -0.05) is 5.16 Å². The first-order valence-corrected chi connectivity index (χ1v) is 6.68. The molecule has 8 heteroatoms. The van der Waals surface area contributed by atoms with Gasteiger partial charge >= 0.3 is 0 Å². The molecule has 1 saturated heterocycles. The number of benzene rings is 1. The van der Waals surface area contributed by atoms with Gasteiger partial charge in [0.1, 0.15) is 18.1 Å². The molecule has 0 radical (unpaired) electrons. The van der Waals surface area contributed by atoms with Crippen LogP contribution in [0.3, 0.4) is 0 Å². The Kier molecular flexibility index (Phi) is 3.74. The third-order valence-corrected chi connectivity index (χ3v) is 3.42. The Morgan fingerprint density at radius 1 is 1.41 bits per heavy atom. The van der Waals surface area contributed by atoms with Crippen LogP contribution in [0.25, 0.3) is 11.0 Å². The molecule has 2 aromatic rings. The summed E-state index contributed by atoms with van der Waals surface area (Å²) in [7, 11) is 0. The Labute approximate surface area is 123 Å². The Morgan fingerprint density at radius 3 is 2.95 bits per heavy atom. The third-order valence-electron chi connectivity index (χ3n) is 3.42. The van der Waals surface area contributed by atoms with Gasteiger partial charge in [0.15, 0.2) is 5.58 Å². The smallest absolute Gasteiger partial charge is 0.272 e. The second-order valence-electron chi connectivity index (χ2n) is 4.93. The molecule has 1 aliphatic rings. The molecule has 1 N–H and O–H groups in total. The van der Waals surface area contributed by atoms with Gasteiger partial charge in [-0.15, -0.1) is 0 Å². The zero-order valence-corrected chi connectivity index (χ0v) is 11.3. The van der Waals surface area contributed by atoms with E-state index < -0.39 is 24.9 Å². The predicted molar refractivity (Wildman–Crippen MR) is 70.6 cm³/mol. The first-order valence-electron chi connectivity index (χ1n) is 6.68. The van der Waals surface area contributed by atoms with E-state index in [0.29, 0.717) is 23.1 Å². The fraction of sp³-hybridized carbons (Fsp3) is 0.357. The van der Waals surface area contributed by atoms with Crippen LogP contribution in [-0.2, 0) is 9.59 Å². The number of nitrogens with one attached hydrogen (secondary N) is 1. The van der Waals surface area contributed by atoms with Crippen LogP contribution in [0, 0.1) is 0 Å². The number of nitrogens with zero attached hydrogens (tertiary/aromatic N) is 1. The highest BCUT2D eigenvalue weighted by Gasteiger charge is 2.31. The van der Waals surface area contributed by atoms with Gasteiger partial charge in [0.25, 0.3) is 6.43 Å². The molecule has 22 heavy (non-hydrogen) atoms. The van der Waals surface area contributed by atoms with Crippen LogP contribution < -0.4 is 10.1 Å². The number of ether oxygens (including phenoxy) is 1. The van der Waals surface area contributed by atoms with Crippen molar-refractivity contribution in [2.45, 2.75) is 25.2 Å². The van der Waals surface area contributed by atoms with E-state index in [0.717, 1.165) is 0 Å². The number of imide groups is 1. The van der Waals surface area contributed by atoms with Crippen molar-refractivity contribution >= 4 is 22.8 Å². The zero-order valence-electron chi connectivity index (χ0n) is 11.3. The third kappa shape index (κ3) is 2.76. The van der Waals surface area contributed by atoms with Crippen molar-refractivity contribution in [1.82, 2.24) is 10.5 Å². The quantitative estimate of drug-likeness (QED) is 0.873. The van der Waals surface area contributed by atoms with Crippen molar-refractivity contribution in [3.05, 3.63) is 23.9 Å². The van der Waals surface area contributed by atoms with Crippen LogP contribution in [0.4, 0.5) is 8.78 Å². The standard InChI is InChI=1S/C14H12F2N2O4/c15-11(16)6-21-7-1-2-8-10(5-7)22-18-13(8)9-3-4-12(19)17-14(9)20/h1-2,5,9,11H,3-4,6H2,(H,17,19,20). The van der Waals surface area contributed by atoms with Gasteiger partial charge in [-0.2, -0.15) is 0 Å². The number of halogens is 2. The van der Waals surface area contributed by atoms with E-state index in [1.807, 2.05) is 0 Å². The highest BCUT2D eigenvalue weighted by atomic mass is 19.3. The molecule has 1 atom stereocenters. The molecular formula is C14H12F2N2O4. The normalized spacial score (nSPS) is 18.8. The topological polar surface area (TPSA) is 81.4 Å². The largest absolute Gasteiger partial charge is 0.487 e. The highest BCUT2D eigenvalue weighted by Crippen LogP contribution is 2.32. The van der Waals surface area contributed by atoms with E-state index in [4.69, 9.17) is 9.26 Å². The molecule has 1 aromatic carbocycles. The highest BCUT2D eigenvalue weighted by molar-refractivity contribution is 6.02. The van der Waals surface area contributed by atoms with E-state index in [9.17, 15) is 18.4 Å². The summed E-state index contributed by atoms with van der Waals surface area (Å²) in [6.07, 6.45) is -1.97. The van der Waals surface area contributed by atoms with Gasteiger partial charge in [-0.3, -0.25) is 14.9 Å². The monoisotopic (exact) mass is 310 g/mol. The van der Waals surface area contributed by atoms with Gasteiger partial charge in [0.2, 0.25) is 11.8 Å². The Balaban J connectivity index is 1.86. The van der Waals surface area contributed by atoms with Gasteiger partial charge in [-0.05, 0) is 18.6 Å². The molecule has 0 aliphatic carbocycles. The molecule has 0 spiro atoms. The number of fused-ring (bicyclic) bond motifs is 1. The Hall–Kier alpha value is -2.51. The fourth-order valence-electron chi connectivity index (χ4n) is 2.39. The molecule has 0 saturated carbocycles. The summed E-state index contributed by atoms with van der Waals surface area (Å²) in [5.41, 5.74) is 0.770. The lowest BCUT2D eigenvalue weighted by Gasteiger charge is -2.18. The molecule has 1 aromatic heterocycles.